The molecule has 3 saturated heterocycles. The number of ether oxygens (including phenoxy) is 1. The number of aromatic nitrogens is 2. The molecule has 1 N–H and O–H groups in total. The molecular weight excluding hydrogens is 528 g/mol. The molecular formula is C29H36N6O4S. The Labute approximate surface area is 235 Å². The number of fused-ring (bicyclic) bond motifs is 2. The topological polar surface area (TPSA) is 108 Å². The molecule has 5 aliphatic rings. The number of nitrogens with zero attached hydrogens (tertiary/aromatic N) is 5. The third-order valence-electron chi connectivity index (χ3n) is 9.17. The second kappa shape index (κ2) is 9.73. The van der Waals surface area contributed by atoms with Gasteiger partial charge >= 0.3 is 0 Å². The molecule has 0 unspecified atom stereocenters. The van der Waals surface area contributed by atoms with Crippen molar-refractivity contribution in [1.29, 1.82) is 0 Å². The van der Waals surface area contributed by atoms with E-state index in [4.69, 9.17) is 4.74 Å². The minimum absolute atomic E-state index is 0.0253. The van der Waals surface area contributed by atoms with E-state index in [0.29, 0.717) is 31.0 Å². The summed E-state index contributed by atoms with van der Waals surface area (Å²) in [5.41, 5.74) is 4.39. The summed E-state index contributed by atoms with van der Waals surface area (Å²) < 4.78 is 30.8. The lowest BCUT2D eigenvalue weighted by Gasteiger charge is -2.43. The highest BCUT2D eigenvalue weighted by molar-refractivity contribution is 7.91. The zero-order valence-electron chi connectivity index (χ0n) is 22.9. The number of hydrogen-bond acceptors (Lipinski definition) is 9. The lowest BCUT2D eigenvalue weighted by molar-refractivity contribution is -0.125. The van der Waals surface area contributed by atoms with Crippen molar-refractivity contribution in [3.8, 4) is 5.75 Å². The van der Waals surface area contributed by atoms with Crippen LogP contribution in [0.3, 0.4) is 0 Å². The van der Waals surface area contributed by atoms with Crippen molar-refractivity contribution in [2.45, 2.75) is 50.2 Å². The van der Waals surface area contributed by atoms with Crippen LogP contribution < -0.4 is 15.0 Å². The van der Waals surface area contributed by atoms with Crippen molar-refractivity contribution < 1.29 is 17.9 Å². The van der Waals surface area contributed by atoms with E-state index in [2.05, 4.69) is 38.9 Å². The molecule has 40 heavy (non-hydrogen) atoms. The molecule has 1 aliphatic carbocycles. The molecule has 1 aromatic heterocycles. The molecule has 212 valence electrons. The van der Waals surface area contributed by atoms with Crippen molar-refractivity contribution in [3.63, 3.8) is 0 Å². The van der Waals surface area contributed by atoms with E-state index >= 15 is 0 Å². The summed E-state index contributed by atoms with van der Waals surface area (Å²) in [5.74, 6) is 3.59. The van der Waals surface area contributed by atoms with E-state index in [9.17, 15) is 13.2 Å². The normalized spacial score (nSPS) is 26.1. The number of carbonyl (C=O) groups is 1. The fraction of sp³-hybridized carbons (Fsp3) is 0.552. The predicted molar refractivity (Wildman–Crippen MR) is 153 cm³/mol. The molecule has 4 aliphatic heterocycles. The van der Waals surface area contributed by atoms with Crippen molar-refractivity contribution in [2.24, 2.45) is 0 Å². The Morgan fingerprint density at radius 2 is 1.85 bits per heavy atom. The van der Waals surface area contributed by atoms with Gasteiger partial charge in [0.2, 0.25) is 5.91 Å². The van der Waals surface area contributed by atoms with Crippen LogP contribution in [-0.4, -0.2) is 90.9 Å². The summed E-state index contributed by atoms with van der Waals surface area (Å²) in [7, 11) is -3.00. The average Bonchev–Trinajstić information content (AvgIpc) is 3.67. The summed E-state index contributed by atoms with van der Waals surface area (Å²) in [6.45, 7) is 10.1. The first-order valence-electron chi connectivity index (χ1n) is 14.4. The maximum absolute atomic E-state index is 12.0. The standard InChI is InChI=1S/C29H36N6O4S/c1-3-25(36)34-7-6-22(16-34)35-14-21(15-35)20-12-23(19-4-5-19)27-24(13-20)32-28-26(18(2)39-27)29(31-17-30-28)33-8-10-40(37,38)11-9-33/h3,12-13,17-19,21-22H,1,4-11,14-16H2,2H3,(H,30,31,32)/t18-,22+/m0/s1. The van der Waals surface area contributed by atoms with E-state index in [1.165, 1.54) is 30.0 Å². The molecule has 0 bridgehead atoms. The molecule has 1 amide bonds. The Morgan fingerprint density at radius 3 is 2.58 bits per heavy atom. The van der Waals surface area contributed by atoms with Crippen LogP contribution in [0, 0.1) is 0 Å². The first-order valence-corrected chi connectivity index (χ1v) is 16.2. The second-order valence-electron chi connectivity index (χ2n) is 11.8. The van der Waals surface area contributed by atoms with Gasteiger partial charge in [0.05, 0.1) is 22.8 Å². The molecule has 10 nitrogen and oxygen atoms in total. The van der Waals surface area contributed by atoms with E-state index in [0.717, 1.165) is 61.2 Å². The van der Waals surface area contributed by atoms with Gasteiger partial charge in [-0.1, -0.05) is 12.6 Å². The van der Waals surface area contributed by atoms with Crippen LogP contribution in [0.25, 0.3) is 0 Å². The summed E-state index contributed by atoms with van der Waals surface area (Å²) in [6, 6.07) is 4.99. The van der Waals surface area contributed by atoms with Gasteiger partial charge in [-0.25, -0.2) is 18.4 Å². The van der Waals surface area contributed by atoms with E-state index in [1.54, 1.807) is 6.33 Å². The average molecular weight is 565 g/mol. The number of nitrogens with one attached hydrogen (secondary N) is 1. The fourth-order valence-corrected chi connectivity index (χ4v) is 7.82. The second-order valence-corrected chi connectivity index (χ2v) is 14.1. The highest BCUT2D eigenvalue weighted by Crippen LogP contribution is 2.52. The van der Waals surface area contributed by atoms with E-state index in [-0.39, 0.29) is 23.5 Å². The molecule has 11 heteroatoms. The smallest absolute Gasteiger partial charge is 0.246 e. The molecule has 0 radical (unpaired) electrons. The number of amides is 1. The van der Waals surface area contributed by atoms with Gasteiger partial charge in [0, 0.05) is 51.2 Å². The maximum atomic E-state index is 12.0. The molecule has 7 rings (SSSR count). The summed E-state index contributed by atoms with van der Waals surface area (Å²) in [5, 5.41) is 3.60. The molecule has 4 fully saturated rings. The Balaban J connectivity index is 1.14. The highest BCUT2D eigenvalue weighted by atomic mass is 32.2. The lowest BCUT2D eigenvalue weighted by Crippen LogP contribution is -2.51. The number of likely N-dealkylation sites (tertiary alicyclic amines) is 2. The summed E-state index contributed by atoms with van der Waals surface area (Å²) >= 11 is 0. The first kappa shape index (κ1) is 25.8. The van der Waals surface area contributed by atoms with Gasteiger partial charge in [0.25, 0.3) is 0 Å². The largest absolute Gasteiger partial charge is 0.483 e. The number of hydrogen-bond donors (Lipinski definition) is 1. The Hall–Kier alpha value is -3.18. The summed E-state index contributed by atoms with van der Waals surface area (Å²) in [4.78, 5) is 27.7. The SMILES string of the molecule is C=CC(=O)N1CC[C@@H](N2CC(c3cc4c(c(C5CC5)c3)O[C@@H](C)c3c(ncnc3N3CCS(=O)(=O)CC3)N4)C2)C1. The van der Waals surface area contributed by atoms with Gasteiger partial charge in [-0.15, -0.1) is 0 Å². The zero-order chi connectivity index (χ0) is 27.6. The van der Waals surface area contributed by atoms with Crippen LogP contribution in [0.4, 0.5) is 17.3 Å². The van der Waals surface area contributed by atoms with Gasteiger partial charge in [-0.05, 0) is 55.4 Å². The maximum Gasteiger partial charge on any atom is 0.246 e. The van der Waals surface area contributed by atoms with Crippen molar-refractivity contribution in [2.75, 3.05) is 61.0 Å². The number of rotatable bonds is 5. The van der Waals surface area contributed by atoms with E-state index < -0.39 is 9.84 Å². The van der Waals surface area contributed by atoms with Crippen molar-refractivity contribution >= 4 is 33.1 Å². The molecule has 0 spiro atoms. The fourth-order valence-electron chi connectivity index (χ4n) is 6.62. The minimum atomic E-state index is -3.00. The summed E-state index contributed by atoms with van der Waals surface area (Å²) in [6.07, 6.45) is 6.03. The number of sulfone groups is 1. The van der Waals surface area contributed by atoms with Gasteiger partial charge in [-0.2, -0.15) is 0 Å². The van der Waals surface area contributed by atoms with Crippen LogP contribution in [-0.2, 0) is 14.6 Å². The Bertz CT molecular complexity index is 1460. The predicted octanol–water partition coefficient (Wildman–Crippen LogP) is 2.97. The highest BCUT2D eigenvalue weighted by Gasteiger charge is 2.40. The molecule has 1 saturated carbocycles. The molecule has 2 atom stereocenters. The number of anilines is 3. The van der Waals surface area contributed by atoms with Gasteiger partial charge < -0.3 is 19.9 Å². The van der Waals surface area contributed by atoms with Crippen LogP contribution in [0.1, 0.15) is 60.8 Å². The van der Waals surface area contributed by atoms with Crippen LogP contribution in [0.5, 0.6) is 5.75 Å². The molecule has 5 heterocycles. The monoisotopic (exact) mass is 564 g/mol. The van der Waals surface area contributed by atoms with Crippen molar-refractivity contribution in [3.05, 3.63) is 47.8 Å². The van der Waals surface area contributed by atoms with Crippen molar-refractivity contribution in [1.82, 2.24) is 19.8 Å². The quantitative estimate of drug-likeness (QED) is 0.549. The molecule has 2 aromatic rings. The van der Waals surface area contributed by atoms with Crippen LogP contribution in [0.2, 0.25) is 0 Å². The van der Waals surface area contributed by atoms with Crippen LogP contribution >= 0.6 is 0 Å². The minimum Gasteiger partial charge on any atom is -0.483 e. The lowest BCUT2D eigenvalue weighted by atomic mass is 9.87. The number of benzene rings is 1. The van der Waals surface area contributed by atoms with Gasteiger partial charge in [0.1, 0.15) is 29.8 Å². The zero-order valence-corrected chi connectivity index (χ0v) is 23.7. The Kier molecular flexibility index (Phi) is 6.27. The third kappa shape index (κ3) is 4.62. The first-order chi connectivity index (χ1) is 19.3. The van der Waals surface area contributed by atoms with Gasteiger partial charge in [-0.3, -0.25) is 9.69 Å². The molecule has 1 aromatic carbocycles. The Morgan fingerprint density at radius 1 is 1.07 bits per heavy atom. The van der Waals surface area contributed by atoms with Crippen LogP contribution in [0.15, 0.2) is 31.1 Å². The number of carbonyl (C=O) groups excluding carboxylic acids is 1. The van der Waals surface area contributed by atoms with E-state index in [1.807, 2.05) is 16.7 Å². The van der Waals surface area contributed by atoms with Gasteiger partial charge in [0.15, 0.2) is 9.84 Å². The third-order valence-corrected chi connectivity index (χ3v) is 10.8.